The highest BCUT2D eigenvalue weighted by Crippen LogP contribution is 2.42. The molecule has 1 aromatic heterocycles. The topological polar surface area (TPSA) is 192 Å². The second-order valence-electron chi connectivity index (χ2n) is 13.8. The highest BCUT2D eigenvalue weighted by Gasteiger charge is 2.54. The number of carbonyl (C=O) groups is 4. The smallest absolute Gasteiger partial charge is 0.413 e. The van der Waals surface area contributed by atoms with Crippen LogP contribution in [0.1, 0.15) is 48.7 Å². The number of esters is 1. The SMILES string of the molecule is CON=C(C(=O)N[C@@H]1C(=O)N2C(C(=O)OCc3ccc(OC)cc3)=C(Cc3cccc(CCS(C)(=O)=O)c3C)CS[C@H]12)c1csc(NC(=O)OC(C)(C)C)n1. The molecule has 2 atom stereocenters. The van der Waals surface area contributed by atoms with Crippen LogP contribution in [0.2, 0.25) is 0 Å². The third kappa shape index (κ3) is 10.4. The molecule has 0 saturated carbocycles. The summed E-state index contributed by atoms with van der Waals surface area (Å²) in [5, 5.41) is 10.1. The number of benzene rings is 2. The van der Waals surface area contributed by atoms with Gasteiger partial charge in [-0.15, -0.1) is 23.1 Å². The molecule has 2 N–H and O–H groups in total. The lowest BCUT2D eigenvalue weighted by molar-refractivity contribution is -0.153. The number of nitrogens with zero attached hydrogens (tertiary/aromatic N) is 3. The number of hydrogen-bond acceptors (Lipinski definition) is 14. The summed E-state index contributed by atoms with van der Waals surface area (Å²) in [6.45, 7) is 7.01. The molecule has 3 aromatic rings. The Bertz CT molecular complexity index is 2120. The molecule has 15 nitrogen and oxygen atoms in total. The summed E-state index contributed by atoms with van der Waals surface area (Å²) >= 11 is 2.42. The van der Waals surface area contributed by atoms with E-state index in [0.29, 0.717) is 35.5 Å². The third-order valence-corrected chi connectivity index (χ3v) is 11.6. The van der Waals surface area contributed by atoms with Crippen LogP contribution in [0, 0.1) is 6.92 Å². The molecule has 2 aliphatic heterocycles. The molecule has 2 aromatic carbocycles. The molecule has 3 amide bonds. The van der Waals surface area contributed by atoms with E-state index in [1.54, 1.807) is 52.1 Å². The number of rotatable bonds is 14. The van der Waals surface area contributed by atoms with Crippen LogP contribution in [0.15, 0.2) is 64.3 Å². The molecular formula is C37H43N5O10S3. The molecule has 294 valence electrons. The van der Waals surface area contributed by atoms with Gasteiger partial charge in [0.05, 0.1) is 12.9 Å². The Morgan fingerprint density at radius 3 is 2.44 bits per heavy atom. The first kappa shape index (κ1) is 41.2. The number of aryl methyl sites for hydroxylation is 1. The molecule has 1 fully saturated rings. The summed E-state index contributed by atoms with van der Waals surface area (Å²) in [6, 6.07) is 11.6. The van der Waals surface area contributed by atoms with Gasteiger partial charge in [0.15, 0.2) is 10.8 Å². The summed E-state index contributed by atoms with van der Waals surface area (Å²) < 4.78 is 40.0. The van der Waals surface area contributed by atoms with Crippen molar-refractivity contribution < 1.29 is 46.6 Å². The van der Waals surface area contributed by atoms with E-state index in [1.807, 2.05) is 25.1 Å². The molecule has 3 heterocycles. The quantitative estimate of drug-likeness (QED) is 0.101. The molecule has 0 unspecified atom stereocenters. The Labute approximate surface area is 327 Å². The number of fused-ring (bicyclic) bond motifs is 1. The predicted octanol–water partition coefficient (Wildman–Crippen LogP) is 4.38. The van der Waals surface area contributed by atoms with Gasteiger partial charge in [0.2, 0.25) is 0 Å². The first-order valence-corrected chi connectivity index (χ1v) is 21.1. The largest absolute Gasteiger partial charge is 0.497 e. The minimum Gasteiger partial charge on any atom is -0.497 e. The van der Waals surface area contributed by atoms with Gasteiger partial charge in [-0.05, 0) is 80.5 Å². The Morgan fingerprint density at radius 1 is 1.07 bits per heavy atom. The molecular weight excluding hydrogens is 771 g/mol. The lowest BCUT2D eigenvalue weighted by atomic mass is 9.94. The van der Waals surface area contributed by atoms with Crippen molar-refractivity contribution in [3.05, 3.63) is 87.1 Å². The van der Waals surface area contributed by atoms with Gasteiger partial charge in [-0.2, -0.15) is 0 Å². The van der Waals surface area contributed by atoms with Crippen LogP contribution in [0.4, 0.5) is 9.93 Å². The van der Waals surface area contributed by atoms with E-state index < -0.39 is 50.7 Å². The first-order valence-electron chi connectivity index (χ1n) is 17.1. The second kappa shape index (κ2) is 17.2. The van der Waals surface area contributed by atoms with Gasteiger partial charge in [0.1, 0.15) is 57.7 Å². The van der Waals surface area contributed by atoms with Crippen molar-refractivity contribution in [3.63, 3.8) is 0 Å². The fraction of sp³-hybridized carbons (Fsp3) is 0.405. The van der Waals surface area contributed by atoms with Gasteiger partial charge < -0.3 is 24.4 Å². The number of β-lactam (4-membered cyclic amide) rings is 1. The zero-order chi connectivity index (χ0) is 40.1. The summed E-state index contributed by atoms with van der Waals surface area (Å²) in [5.74, 6) is -0.999. The van der Waals surface area contributed by atoms with Crippen molar-refractivity contribution in [3.8, 4) is 5.75 Å². The van der Waals surface area contributed by atoms with Crippen LogP contribution in [-0.4, -0.2) is 96.9 Å². The predicted molar refractivity (Wildman–Crippen MR) is 209 cm³/mol. The van der Waals surface area contributed by atoms with E-state index in [-0.39, 0.29) is 34.6 Å². The molecule has 18 heteroatoms. The molecule has 5 rings (SSSR count). The van der Waals surface area contributed by atoms with Crippen LogP contribution in [0.25, 0.3) is 0 Å². The summed E-state index contributed by atoms with van der Waals surface area (Å²) in [5.41, 5.74) is 3.23. The highest BCUT2D eigenvalue weighted by atomic mass is 32.2. The van der Waals surface area contributed by atoms with Gasteiger partial charge in [-0.25, -0.2) is 23.0 Å². The van der Waals surface area contributed by atoms with Gasteiger partial charge in [-0.3, -0.25) is 19.8 Å². The monoisotopic (exact) mass is 813 g/mol. The van der Waals surface area contributed by atoms with Crippen molar-refractivity contribution in [2.45, 2.75) is 64.2 Å². The molecule has 2 aliphatic rings. The van der Waals surface area contributed by atoms with E-state index in [9.17, 15) is 27.6 Å². The third-order valence-electron chi connectivity index (χ3n) is 8.51. The number of carbonyl (C=O) groups excluding carboxylic acids is 4. The highest BCUT2D eigenvalue weighted by molar-refractivity contribution is 8.00. The number of amides is 3. The fourth-order valence-electron chi connectivity index (χ4n) is 5.81. The van der Waals surface area contributed by atoms with Crippen molar-refractivity contribution in [2.24, 2.45) is 5.16 Å². The zero-order valence-corrected chi connectivity index (χ0v) is 33.9. The number of nitrogens with one attached hydrogen (secondary N) is 2. The molecule has 0 spiro atoms. The minimum absolute atomic E-state index is 0.000739. The number of thioether (sulfide) groups is 1. The summed E-state index contributed by atoms with van der Waals surface area (Å²) in [7, 11) is -0.376. The lowest BCUT2D eigenvalue weighted by Crippen LogP contribution is -2.71. The van der Waals surface area contributed by atoms with Crippen molar-refractivity contribution >= 4 is 67.7 Å². The number of sulfone groups is 1. The van der Waals surface area contributed by atoms with E-state index in [2.05, 4.69) is 20.8 Å². The van der Waals surface area contributed by atoms with Crippen LogP contribution >= 0.6 is 23.1 Å². The number of ether oxygens (including phenoxy) is 3. The Balaban J connectivity index is 1.37. The average Bonchev–Trinajstić information content (AvgIpc) is 3.58. The van der Waals surface area contributed by atoms with Crippen molar-refractivity contribution in [1.82, 2.24) is 15.2 Å². The maximum absolute atomic E-state index is 13.9. The van der Waals surface area contributed by atoms with Gasteiger partial charge in [0.25, 0.3) is 11.8 Å². The number of thiazole rings is 1. The van der Waals surface area contributed by atoms with Crippen LogP contribution in [0.3, 0.4) is 0 Å². The van der Waals surface area contributed by atoms with Crippen molar-refractivity contribution in [1.29, 1.82) is 0 Å². The minimum atomic E-state index is -3.18. The summed E-state index contributed by atoms with van der Waals surface area (Å²) in [6.07, 6.45) is 1.12. The van der Waals surface area contributed by atoms with Crippen molar-refractivity contribution in [2.75, 3.05) is 37.3 Å². The van der Waals surface area contributed by atoms with Gasteiger partial charge in [-0.1, -0.05) is 35.5 Å². The first-order chi connectivity index (χ1) is 26.0. The maximum Gasteiger partial charge on any atom is 0.413 e. The maximum atomic E-state index is 13.9. The fourth-order valence-corrected chi connectivity index (χ4v) is 8.42. The number of oxime groups is 1. The Hall–Kier alpha value is -4.94. The Kier molecular flexibility index (Phi) is 12.9. The molecule has 1 saturated heterocycles. The van der Waals surface area contributed by atoms with E-state index in [1.165, 1.54) is 35.4 Å². The number of anilines is 1. The number of methoxy groups -OCH3 is 1. The van der Waals surface area contributed by atoms with E-state index in [0.717, 1.165) is 28.0 Å². The van der Waals surface area contributed by atoms with Crippen LogP contribution in [-0.2, 0) is 58.0 Å². The average molecular weight is 814 g/mol. The normalized spacial score (nSPS) is 17.2. The molecule has 0 aliphatic carbocycles. The Morgan fingerprint density at radius 2 is 1.78 bits per heavy atom. The van der Waals surface area contributed by atoms with E-state index in [4.69, 9.17) is 19.0 Å². The second-order valence-corrected chi connectivity index (χ2v) is 18.0. The zero-order valence-electron chi connectivity index (χ0n) is 31.5. The lowest BCUT2D eigenvalue weighted by Gasteiger charge is -2.49. The van der Waals surface area contributed by atoms with E-state index >= 15 is 0 Å². The molecule has 0 radical (unpaired) electrons. The standard InChI is InChI=1S/C37H43N5O10S3/c1-21-23(15-16-55(7,47)48)9-8-10-24(21)17-25-19-53-33-29(32(44)42(33)30(25)34(45)51-18-22-11-13-26(49-5)14-12-22)39-31(43)28(41-50-6)27-20-54-35(38-27)40-36(46)52-37(2,3)4/h8-14,20,29,33H,15-19H2,1-7H3,(H,39,43)(H,38,40,46)/t29-,33-/m1/s1. The van der Waals surface area contributed by atoms with Crippen LogP contribution in [0.5, 0.6) is 5.75 Å². The number of hydrogen-bond donors (Lipinski definition) is 2. The number of aromatic nitrogens is 1. The van der Waals surface area contributed by atoms with Crippen LogP contribution < -0.4 is 15.4 Å². The molecule has 55 heavy (non-hydrogen) atoms. The van der Waals surface area contributed by atoms with Gasteiger partial charge >= 0.3 is 12.1 Å². The van der Waals surface area contributed by atoms with Gasteiger partial charge in [0, 0.05) is 17.4 Å². The molecule has 0 bridgehead atoms. The summed E-state index contributed by atoms with van der Waals surface area (Å²) in [4.78, 5) is 64.2.